The number of para-hydroxylation sites is 1. The van der Waals surface area contributed by atoms with E-state index in [1.54, 1.807) is 29.2 Å². The minimum atomic E-state index is -3.68. The fraction of sp³-hybridized carbons (Fsp3) is 0.290. The van der Waals surface area contributed by atoms with E-state index in [0.29, 0.717) is 37.4 Å². The summed E-state index contributed by atoms with van der Waals surface area (Å²) >= 11 is 0. The third-order valence-corrected chi connectivity index (χ3v) is 9.11. The number of amides is 1. The van der Waals surface area contributed by atoms with E-state index in [2.05, 4.69) is 11.0 Å². The van der Waals surface area contributed by atoms with E-state index < -0.39 is 10.0 Å². The highest BCUT2D eigenvalue weighted by Crippen LogP contribution is 2.27. The Balaban J connectivity index is 1.41. The monoisotopic (exact) mass is 542 g/mol. The van der Waals surface area contributed by atoms with Gasteiger partial charge in [0.15, 0.2) is 0 Å². The lowest BCUT2D eigenvalue weighted by atomic mass is 10.0. The van der Waals surface area contributed by atoms with Crippen molar-refractivity contribution < 1.29 is 13.2 Å². The van der Waals surface area contributed by atoms with Crippen LogP contribution in [-0.2, 0) is 23.0 Å². The van der Waals surface area contributed by atoms with Crippen LogP contribution in [0, 0.1) is 6.92 Å². The van der Waals surface area contributed by atoms with Crippen molar-refractivity contribution in [2.45, 2.75) is 31.2 Å². The summed E-state index contributed by atoms with van der Waals surface area (Å²) in [5.74, 6) is 0.394. The molecule has 0 radical (unpaired) electrons. The second-order valence-corrected chi connectivity index (χ2v) is 12.2. The van der Waals surface area contributed by atoms with E-state index in [-0.39, 0.29) is 10.8 Å². The van der Waals surface area contributed by atoms with E-state index >= 15 is 0 Å². The van der Waals surface area contributed by atoms with Crippen LogP contribution >= 0.6 is 0 Å². The number of rotatable bonds is 8. The first-order valence-corrected chi connectivity index (χ1v) is 14.7. The van der Waals surface area contributed by atoms with Crippen molar-refractivity contribution in [3.05, 3.63) is 101 Å². The van der Waals surface area contributed by atoms with Crippen LogP contribution in [0.25, 0.3) is 10.9 Å². The molecule has 0 bridgehead atoms. The van der Waals surface area contributed by atoms with Crippen molar-refractivity contribution in [1.82, 2.24) is 14.2 Å². The van der Waals surface area contributed by atoms with Gasteiger partial charge in [-0.05, 0) is 93.5 Å². The number of carbonyl (C=O) groups excluding carboxylic acids is 1. The predicted octanol–water partition coefficient (Wildman–Crippen LogP) is 4.89. The summed E-state index contributed by atoms with van der Waals surface area (Å²) < 4.78 is 28.3. The number of aryl methyl sites for hydroxylation is 1. The van der Waals surface area contributed by atoms with Gasteiger partial charge in [-0.15, -0.1) is 0 Å². The Hall–Kier alpha value is -3.59. The van der Waals surface area contributed by atoms with Crippen LogP contribution in [0.1, 0.15) is 33.5 Å². The highest BCUT2D eigenvalue weighted by atomic mass is 32.2. The Kier molecular flexibility index (Phi) is 7.79. The quantitative estimate of drug-likeness (QED) is 0.317. The molecule has 0 unspecified atom stereocenters. The Morgan fingerprint density at radius 1 is 0.923 bits per heavy atom. The molecule has 39 heavy (non-hydrogen) atoms. The molecule has 1 aliphatic rings. The van der Waals surface area contributed by atoms with E-state index in [4.69, 9.17) is 4.98 Å². The average molecular weight is 543 g/mol. The van der Waals surface area contributed by atoms with Gasteiger partial charge in [0.05, 0.1) is 10.4 Å². The van der Waals surface area contributed by atoms with Gasteiger partial charge in [-0.1, -0.05) is 42.5 Å². The second kappa shape index (κ2) is 11.3. The number of pyridine rings is 1. The molecule has 0 atom stereocenters. The van der Waals surface area contributed by atoms with Gasteiger partial charge >= 0.3 is 0 Å². The number of benzene rings is 3. The molecule has 4 aromatic rings. The number of hydrogen-bond donors (Lipinski definition) is 0. The maximum atomic E-state index is 13.8. The fourth-order valence-electron chi connectivity index (χ4n) is 5.08. The molecule has 2 heterocycles. The van der Waals surface area contributed by atoms with Crippen molar-refractivity contribution in [2.75, 3.05) is 38.6 Å². The van der Waals surface area contributed by atoms with Crippen LogP contribution in [0.2, 0.25) is 0 Å². The SMILES string of the molecule is Cc1cc(N(CCCN(C)C)C(=O)c2ccc(S(=O)(=O)N3CCc4ccccc4C3)cc2)nc2ccccc12. The van der Waals surface area contributed by atoms with Crippen LogP contribution in [0.4, 0.5) is 5.82 Å². The zero-order valence-corrected chi connectivity index (χ0v) is 23.5. The topological polar surface area (TPSA) is 73.8 Å². The minimum absolute atomic E-state index is 0.192. The molecule has 1 aromatic heterocycles. The summed E-state index contributed by atoms with van der Waals surface area (Å²) in [5, 5.41) is 1.05. The van der Waals surface area contributed by atoms with Crippen molar-refractivity contribution in [3.8, 4) is 0 Å². The summed E-state index contributed by atoms with van der Waals surface area (Å²) in [6.45, 7) is 4.13. The van der Waals surface area contributed by atoms with Crippen molar-refractivity contribution in [1.29, 1.82) is 0 Å². The molecule has 0 N–H and O–H groups in total. The Morgan fingerprint density at radius 3 is 2.36 bits per heavy atom. The van der Waals surface area contributed by atoms with Crippen LogP contribution in [0.15, 0.2) is 83.8 Å². The number of anilines is 1. The molecule has 0 saturated heterocycles. The van der Waals surface area contributed by atoms with E-state index in [0.717, 1.165) is 35.0 Å². The standard InChI is InChI=1S/C31H34N4O3S/c1-23-21-30(32-29-12-7-6-11-28(23)29)35(19-8-18-33(2)3)31(36)25-13-15-27(16-14-25)39(37,38)34-20-17-24-9-4-5-10-26(24)22-34/h4-7,9-16,21H,8,17-20,22H2,1-3H3. The van der Waals surface area contributed by atoms with Gasteiger partial charge in [0.1, 0.15) is 5.82 Å². The lowest BCUT2D eigenvalue weighted by Gasteiger charge is -2.28. The van der Waals surface area contributed by atoms with Gasteiger partial charge in [-0.3, -0.25) is 9.69 Å². The summed E-state index contributed by atoms with van der Waals surface area (Å²) in [6.07, 6.45) is 1.46. The molecule has 0 aliphatic carbocycles. The molecule has 1 amide bonds. The maximum absolute atomic E-state index is 13.8. The molecule has 1 aliphatic heterocycles. The van der Waals surface area contributed by atoms with Crippen LogP contribution < -0.4 is 4.90 Å². The predicted molar refractivity (Wildman–Crippen MR) is 156 cm³/mol. The number of sulfonamides is 1. The number of fused-ring (bicyclic) bond motifs is 2. The minimum Gasteiger partial charge on any atom is -0.309 e. The summed E-state index contributed by atoms with van der Waals surface area (Å²) in [7, 11) is 0.327. The molecule has 7 nitrogen and oxygen atoms in total. The Morgan fingerprint density at radius 2 is 1.62 bits per heavy atom. The highest BCUT2D eigenvalue weighted by molar-refractivity contribution is 7.89. The van der Waals surface area contributed by atoms with Gasteiger partial charge in [0, 0.05) is 30.6 Å². The molecular weight excluding hydrogens is 508 g/mol. The van der Waals surface area contributed by atoms with Gasteiger partial charge in [0.25, 0.3) is 5.91 Å². The van der Waals surface area contributed by atoms with Crippen LogP contribution in [-0.4, -0.2) is 62.2 Å². The zero-order chi connectivity index (χ0) is 27.6. The normalized spacial score (nSPS) is 13.9. The average Bonchev–Trinajstić information content (AvgIpc) is 2.94. The fourth-order valence-corrected chi connectivity index (χ4v) is 6.50. The zero-order valence-electron chi connectivity index (χ0n) is 22.7. The second-order valence-electron chi connectivity index (χ2n) is 10.3. The van der Waals surface area contributed by atoms with Gasteiger partial charge < -0.3 is 4.90 Å². The lowest BCUT2D eigenvalue weighted by molar-refractivity contribution is 0.0985. The Labute approximate surface area is 230 Å². The summed E-state index contributed by atoms with van der Waals surface area (Å²) in [6, 6.07) is 24.1. The van der Waals surface area contributed by atoms with Crippen LogP contribution in [0.5, 0.6) is 0 Å². The molecular formula is C31H34N4O3S. The largest absolute Gasteiger partial charge is 0.309 e. The number of nitrogens with zero attached hydrogens (tertiary/aromatic N) is 4. The highest BCUT2D eigenvalue weighted by Gasteiger charge is 2.29. The van der Waals surface area contributed by atoms with Crippen molar-refractivity contribution >= 4 is 32.7 Å². The van der Waals surface area contributed by atoms with Gasteiger partial charge in [-0.25, -0.2) is 13.4 Å². The first-order valence-electron chi connectivity index (χ1n) is 13.2. The number of hydrogen-bond acceptors (Lipinski definition) is 5. The third-order valence-electron chi connectivity index (χ3n) is 7.25. The number of aromatic nitrogens is 1. The third kappa shape index (κ3) is 5.73. The van der Waals surface area contributed by atoms with E-state index in [1.807, 2.05) is 69.6 Å². The molecule has 0 saturated carbocycles. The van der Waals surface area contributed by atoms with Gasteiger partial charge in [-0.2, -0.15) is 4.31 Å². The first kappa shape index (κ1) is 27.0. The smallest absolute Gasteiger partial charge is 0.259 e. The maximum Gasteiger partial charge on any atom is 0.259 e. The summed E-state index contributed by atoms with van der Waals surface area (Å²) in [4.78, 5) is 22.6. The van der Waals surface area contributed by atoms with Crippen molar-refractivity contribution in [3.63, 3.8) is 0 Å². The Bertz CT molecular complexity index is 1600. The van der Waals surface area contributed by atoms with Crippen molar-refractivity contribution in [2.24, 2.45) is 0 Å². The molecule has 0 fully saturated rings. The molecule has 3 aromatic carbocycles. The molecule has 202 valence electrons. The van der Waals surface area contributed by atoms with Gasteiger partial charge in [0.2, 0.25) is 10.0 Å². The molecule has 5 rings (SSSR count). The molecule has 0 spiro atoms. The van der Waals surface area contributed by atoms with E-state index in [1.165, 1.54) is 9.87 Å². The van der Waals surface area contributed by atoms with E-state index in [9.17, 15) is 13.2 Å². The lowest BCUT2D eigenvalue weighted by Crippen LogP contribution is -2.36. The van der Waals surface area contributed by atoms with Crippen LogP contribution in [0.3, 0.4) is 0 Å². The number of carbonyl (C=O) groups is 1. The molecule has 8 heteroatoms. The summed E-state index contributed by atoms with van der Waals surface area (Å²) in [5.41, 5.74) is 4.53. The first-order chi connectivity index (χ1) is 18.7.